The van der Waals surface area contributed by atoms with E-state index in [4.69, 9.17) is 4.74 Å². The number of hydrogen-bond acceptors (Lipinski definition) is 3. The van der Waals surface area contributed by atoms with Crippen LogP contribution in [0, 0.1) is 0 Å². The number of anilines is 1. The first-order valence-corrected chi connectivity index (χ1v) is 8.67. The number of hydrogen-bond donors (Lipinski definition) is 1. The molecule has 0 saturated heterocycles. The van der Waals surface area contributed by atoms with E-state index in [9.17, 15) is 9.59 Å². The van der Waals surface area contributed by atoms with Gasteiger partial charge in [-0.2, -0.15) is 0 Å². The van der Waals surface area contributed by atoms with Gasteiger partial charge in [0.2, 0.25) is 5.43 Å². The number of nitrogens with one attached hydrogen (secondary N) is 1. The van der Waals surface area contributed by atoms with Gasteiger partial charge in [-0.25, -0.2) is 0 Å². The van der Waals surface area contributed by atoms with Crippen molar-refractivity contribution >= 4 is 38.4 Å². The molecule has 25 heavy (non-hydrogen) atoms. The van der Waals surface area contributed by atoms with Gasteiger partial charge in [0.1, 0.15) is 11.3 Å². The van der Waals surface area contributed by atoms with Crippen LogP contribution >= 0.6 is 15.9 Å². The van der Waals surface area contributed by atoms with Crippen molar-refractivity contribution in [2.75, 3.05) is 12.4 Å². The Labute approximate surface area is 152 Å². The van der Waals surface area contributed by atoms with Crippen LogP contribution in [0.25, 0.3) is 10.9 Å². The van der Waals surface area contributed by atoms with E-state index in [1.54, 1.807) is 43.6 Å². The summed E-state index contributed by atoms with van der Waals surface area (Å²) < 4.78 is 8.00. The van der Waals surface area contributed by atoms with Crippen LogP contribution in [0.4, 0.5) is 5.69 Å². The molecule has 1 aliphatic rings. The quantitative estimate of drug-likeness (QED) is 0.733. The van der Waals surface area contributed by atoms with E-state index in [1.165, 1.54) is 0 Å². The number of amides is 1. The maximum atomic E-state index is 12.8. The molecule has 0 aliphatic carbocycles. The Balaban J connectivity index is 1.78. The van der Waals surface area contributed by atoms with Crippen LogP contribution in [0.2, 0.25) is 0 Å². The molecule has 0 radical (unpaired) electrons. The topological polar surface area (TPSA) is 60.3 Å². The van der Waals surface area contributed by atoms with Crippen LogP contribution in [0.15, 0.2) is 51.9 Å². The van der Waals surface area contributed by atoms with E-state index in [-0.39, 0.29) is 11.0 Å². The van der Waals surface area contributed by atoms with Crippen molar-refractivity contribution in [2.45, 2.75) is 13.0 Å². The Morgan fingerprint density at radius 2 is 2.12 bits per heavy atom. The Morgan fingerprint density at radius 3 is 2.92 bits per heavy atom. The molecule has 1 aromatic heterocycles. The fourth-order valence-electron chi connectivity index (χ4n) is 3.26. The first-order valence-electron chi connectivity index (χ1n) is 7.88. The van der Waals surface area contributed by atoms with Gasteiger partial charge in [0, 0.05) is 34.4 Å². The summed E-state index contributed by atoms with van der Waals surface area (Å²) in [4.78, 5) is 25.5. The van der Waals surface area contributed by atoms with Gasteiger partial charge in [0.25, 0.3) is 5.91 Å². The highest BCUT2D eigenvalue weighted by Gasteiger charge is 2.21. The largest absolute Gasteiger partial charge is 0.497 e. The number of methoxy groups -OCH3 is 1. The molecule has 1 N–H and O–H groups in total. The summed E-state index contributed by atoms with van der Waals surface area (Å²) in [5, 5.41) is 3.35. The highest BCUT2D eigenvalue weighted by Crippen LogP contribution is 2.28. The van der Waals surface area contributed by atoms with Crippen molar-refractivity contribution < 1.29 is 9.53 Å². The lowest BCUT2D eigenvalue weighted by molar-refractivity contribution is 0.102. The van der Waals surface area contributed by atoms with Gasteiger partial charge >= 0.3 is 0 Å². The van der Waals surface area contributed by atoms with Gasteiger partial charge in [-0.3, -0.25) is 9.59 Å². The molecule has 0 saturated carbocycles. The van der Waals surface area contributed by atoms with E-state index < -0.39 is 5.91 Å². The average molecular weight is 399 g/mol. The third kappa shape index (κ3) is 2.72. The molecule has 3 aromatic rings. The molecule has 5 nitrogen and oxygen atoms in total. The van der Waals surface area contributed by atoms with Crippen molar-refractivity contribution in [3.05, 3.63) is 68.4 Å². The second kappa shape index (κ2) is 6.04. The van der Waals surface area contributed by atoms with Crippen LogP contribution in [-0.4, -0.2) is 17.6 Å². The zero-order valence-corrected chi connectivity index (χ0v) is 15.1. The molecule has 4 rings (SSSR count). The van der Waals surface area contributed by atoms with Gasteiger partial charge in [0.05, 0.1) is 12.6 Å². The minimum Gasteiger partial charge on any atom is -0.497 e. The van der Waals surface area contributed by atoms with Crippen molar-refractivity contribution in [3.8, 4) is 5.75 Å². The Morgan fingerprint density at radius 1 is 1.28 bits per heavy atom. The molecule has 0 unspecified atom stereocenters. The number of nitrogens with zero attached hydrogens (tertiary/aromatic N) is 1. The molecule has 0 bridgehead atoms. The molecule has 2 aromatic carbocycles. The smallest absolute Gasteiger partial charge is 0.261 e. The fraction of sp³-hybridized carbons (Fsp3) is 0.158. The Kier molecular flexibility index (Phi) is 3.84. The maximum absolute atomic E-state index is 12.8. The zero-order chi connectivity index (χ0) is 17.6. The lowest BCUT2D eigenvalue weighted by Crippen LogP contribution is -2.23. The number of benzene rings is 2. The predicted molar refractivity (Wildman–Crippen MR) is 101 cm³/mol. The van der Waals surface area contributed by atoms with Gasteiger partial charge < -0.3 is 14.6 Å². The summed E-state index contributed by atoms with van der Waals surface area (Å²) in [5.74, 6) is 0.220. The Bertz CT molecular complexity index is 1070. The van der Waals surface area contributed by atoms with Crippen molar-refractivity contribution in [3.63, 3.8) is 0 Å². The average Bonchev–Trinajstić information content (AvgIpc) is 3.01. The third-order valence-corrected chi connectivity index (χ3v) is 4.87. The van der Waals surface area contributed by atoms with Gasteiger partial charge in [0.15, 0.2) is 0 Å². The molecule has 1 aliphatic heterocycles. The van der Waals surface area contributed by atoms with E-state index >= 15 is 0 Å². The lowest BCUT2D eigenvalue weighted by atomic mass is 10.1. The molecule has 6 heteroatoms. The van der Waals surface area contributed by atoms with Crippen LogP contribution in [0.3, 0.4) is 0 Å². The number of carbonyl (C=O) groups is 1. The number of carbonyl (C=O) groups excluding carboxylic acids is 1. The van der Waals surface area contributed by atoms with Gasteiger partial charge in [-0.1, -0.05) is 22.0 Å². The number of aryl methyl sites for hydroxylation is 2. The maximum Gasteiger partial charge on any atom is 0.261 e. The molecule has 1 amide bonds. The van der Waals surface area contributed by atoms with Crippen molar-refractivity contribution in [1.29, 1.82) is 0 Å². The zero-order valence-electron chi connectivity index (χ0n) is 13.5. The minimum absolute atomic E-state index is 0.140. The number of rotatable bonds is 3. The first kappa shape index (κ1) is 15.9. The third-order valence-electron chi connectivity index (χ3n) is 4.41. The summed E-state index contributed by atoms with van der Waals surface area (Å²) in [6.07, 6.45) is 2.51. The molecule has 0 spiro atoms. The number of ether oxygens (including phenoxy) is 1. The van der Waals surface area contributed by atoms with E-state index in [2.05, 4.69) is 21.2 Å². The minimum atomic E-state index is -0.419. The van der Waals surface area contributed by atoms with E-state index in [1.807, 2.05) is 10.6 Å². The van der Waals surface area contributed by atoms with E-state index in [0.29, 0.717) is 16.8 Å². The predicted octanol–water partition coefficient (Wildman–Crippen LogP) is 3.58. The monoisotopic (exact) mass is 398 g/mol. The number of aromatic nitrogens is 1. The fourth-order valence-corrected chi connectivity index (χ4v) is 3.77. The SMILES string of the molecule is COc1cccc(NC(=O)c2cn3c4c(cc(Br)cc4c2=O)CC3)c1. The second-order valence-electron chi connectivity index (χ2n) is 5.96. The van der Waals surface area contributed by atoms with Crippen molar-refractivity contribution in [2.24, 2.45) is 0 Å². The van der Waals surface area contributed by atoms with Gasteiger partial charge in [-0.15, -0.1) is 0 Å². The molecule has 0 fully saturated rings. The van der Waals surface area contributed by atoms with Crippen LogP contribution in [-0.2, 0) is 13.0 Å². The Hall–Kier alpha value is -2.60. The molecule has 2 heterocycles. The summed E-state index contributed by atoms with van der Waals surface area (Å²) in [5.41, 5.74) is 2.52. The number of pyridine rings is 1. The van der Waals surface area contributed by atoms with Crippen LogP contribution < -0.4 is 15.5 Å². The molecule has 126 valence electrons. The first-order chi connectivity index (χ1) is 12.1. The highest BCUT2D eigenvalue weighted by atomic mass is 79.9. The summed E-state index contributed by atoms with van der Waals surface area (Å²) in [7, 11) is 1.56. The van der Waals surface area contributed by atoms with Crippen LogP contribution in [0.5, 0.6) is 5.75 Å². The molecular formula is C19H15BrN2O3. The van der Waals surface area contributed by atoms with Crippen molar-refractivity contribution in [1.82, 2.24) is 4.57 Å². The molecular weight excluding hydrogens is 384 g/mol. The summed E-state index contributed by atoms with van der Waals surface area (Å²) in [6, 6.07) is 10.9. The second-order valence-corrected chi connectivity index (χ2v) is 6.88. The summed E-state index contributed by atoms with van der Waals surface area (Å²) in [6.45, 7) is 0.766. The van der Waals surface area contributed by atoms with Gasteiger partial charge in [-0.05, 0) is 36.2 Å². The van der Waals surface area contributed by atoms with Crippen LogP contribution in [0.1, 0.15) is 15.9 Å². The normalized spacial score (nSPS) is 12.4. The highest BCUT2D eigenvalue weighted by molar-refractivity contribution is 9.10. The summed E-state index contributed by atoms with van der Waals surface area (Å²) >= 11 is 3.45. The van der Waals surface area contributed by atoms with E-state index in [0.717, 1.165) is 28.5 Å². The molecule has 0 atom stereocenters. The lowest BCUT2D eigenvalue weighted by Gasteiger charge is -2.10. The standard InChI is InChI=1S/C19H15BrN2O3/c1-25-14-4-2-3-13(9-14)21-19(24)16-10-22-6-5-11-7-12(20)8-15(17(11)22)18(16)23/h2-4,7-10H,5-6H2,1H3,(H,21,24). The number of halogens is 1.